The van der Waals surface area contributed by atoms with Crippen molar-refractivity contribution in [1.82, 2.24) is 5.27 Å². The molecule has 0 aliphatic heterocycles. The molecular formula is C13H10ClF3N3O3+. The minimum atomic E-state index is -5.12. The molecule has 0 unspecified atom stereocenters. The molecule has 1 heterocycles. The maximum Gasteiger partial charge on any atom is 0.471 e. The van der Waals surface area contributed by atoms with Crippen LogP contribution in [-0.2, 0) is 11.3 Å². The van der Waals surface area contributed by atoms with Crippen LogP contribution < -0.4 is 10.00 Å². The van der Waals surface area contributed by atoms with Crippen LogP contribution in [0.15, 0.2) is 28.8 Å². The number of hydrogen-bond acceptors (Lipinski definition) is 4. The molecule has 2 aromatic rings. The normalized spacial score (nSPS) is 11.3. The average molecular weight is 349 g/mol. The number of aromatic nitrogens is 2. The van der Waals surface area contributed by atoms with E-state index in [9.17, 15) is 22.8 Å². The van der Waals surface area contributed by atoms with Gasteiger partial charge >= 0.3 is 23.7 Å². The summed E-state index contributed by atoms with van der Waals surface area (Å²) in [6.07, 6.45) is -5.12. The molecule has 0 radical (unpaired) electrons. The Morgan fingerprint density at radius 1 is 1.39 bits per heavy atom. The van der Waals surface area contributed by atoms with Crippen LogP contribution >= 0.6 is 11.6 Å². The third-order valence-electron chi connectivity index (χ3n) is 2.79. The van der Waals surface area contributed by atoms with E-state index in [1.165, 1.54) is 29.6 Å². The van der Waals surface area contributed by atoms with E-state index < -0.39 is 23.8 Å². The zero-order chi connectivity index (χ0) is 17.2. The number of nitrogens with one attached hydrogen (secondary N) is 1. The molecule has 0 fully saturated rings. The number of rotatable bonds is 4. The number of ketones is 1. The quantitative estimate of drug-likeness (QED) is 0.680. The fourth-order valence-corrected chi connectivity index (χ4v) is 1.94. The number of nitrogens with zero attached hydrogens (tertiary/aromatic N) is 2. The highest BCUT2D eigenvalue weighted by atomic mass is 35.5. The van der Waals surface area contributed by atoms with Crippen molar-refractivity contribution in [3.05, 3.63) is 40.5 Å². The zero-order valence-electron chi connectivity index (χ0n) is 11.6. The summed E-state index contributed by atoms with van der Waals surface area (Å²) in [7, 11) is 0. The van der Waals surface area contributed by atoms with Crippen LogP contribution in [0.3, 0.4) is 0 Å². The number of carbonyl (C=O) groups excluding carboxylic acids is 2. The summed E-state index contributed by atoms with van der Waals surface area (Å²) >= 11 is 5.79. The SMILES string of the molecule is CC[n+]1noc(NC(=O)C(F)(F)F)c1C(=O)c1cccc(Cl)c1. The van der Waals surface area contributed by atoms with Gasteiger partial charge in [0.15, 0.2) is 6.54 Å². The monoisotopic (exact) mass is 348 g/mol. The first kappa shape index (κ1) is 16.9. The Morgan fingerprint density at radius 2 is 2.09 bits per heavy atom. The first-order valence-corrected chi connectivity index (χ1v) is 6.70. The summed E-state index contributed by atoms with van der Waals surface area (Å²) in [4.78, 5) is 23.5. The van der Waals surface area contributed by atoms with Crippen LogP contribution in [0.2, 0.25) is 5.02 Å². The molecule has 23 heavy (non-hydrogen) atoms. The van der Waals surface area contributed by atoms with Crippen molar-refractivity contribution >= 4 is 29.2 Å². The van der Waals surface area contributed by atoms with E-state index in [4.69, 9.17) is 11.6 Å². The van der Waals surface area contributed by atoms with E-state index in [1.54, 1.807) is 6.92 Å². The van der Waals surface area contributed by atoms with Crippen LogP contribution in [0.25, 0.3) is 0 Å². The molecule has 0 saturated heterocycles. The number of benzene rings is 1. The molecule has 0 spiro atoms. The van der Waals surface area contributed by atoms with Gasteiger partial charge in [-0.15, -0.1) is 0 Å². The lowest BCUT2D eigenvalue weighted by atomic mass is 10.1. The molecule has 1 aromatic carbocycles. The van der Waals surface area contributed by atoms with Gasteiger partial charge in [-0.25, -0.2) is 0 Å². The molecule has 10 heteroatoms. The minimum Gasteiger partial charge on any atom is -0.281 e. The second-order valence-corrected chi connectivity index (χ2v) is 4.79. The Bertz CT molecular complexity index is 758. The lowest BCUT2D eigenvalue weighted by molar-refractivity contribution is -0.760. The Labute approximate surface area is 132 Å². The van der Waals surface area contributed by atoms with E-state index in [0.717, 1.165) is 4.68 Å². The van der Waals surface area contributed by atoms with Gasteiger partial charge in [-0.1, -0.05) is 23.7 Å². The Morgan fingerprint density at radius 3 is 2.65 bits per heavy atom. The Balaban J connectivity index is 2.43. The smallest absolute Gasteiger partial charge is 0.281 e. The van der Waals surface area contributed by atoms with E-state index in [-0.39, 0.29) is 22.8 Å². The number of amides is 1. The van der Waals surface area contributed by atoms with Crippen molar-refractivity contribution < 1.29 is 32.0 Å². The average Bonchev–Trinajstić information content (AvgIpc) is 2.88. The van der Waals surface area contributed by atoms with Crippen molar-refractivity contribution in [3.63, 3.8) is 0 Å². The van der Waals surface area contributed by atoms with Crippen molar-refractivity contribution in [3.8, 4) is 0 Å². The second-order valence-electron chi connectivity index (χ2n) is 4.36. The lowest BCUT2D eigenvalue weighted by Crippen LogP contribution is -2.41. The standard InChI is InChI=1S/C13H9ClF3N3O3/c1-2-20-9(10(21)7-4-3-5-8(14)6-7)11(23-19-20)18-12(22)13(15,16)17/h3-6H,2H2,1H3/p+1. The highest BCUT2D eigenvalue weighted by Gasteiger charge is 2.42. The molecule has 2 rings (SSSR count). The first-order valence-electron chi connectivity index (χ1n) is 6.32. The van der Waals surface area contributed by atoms with Crippen molar-refractivity contribution in [2.24, 2.45) is 0 Å². The van der Waals surface area contributed by atoms with Crippen LogP contribution in [0.1, 0.15) is 23.0 Å². The van der Waals surface area contributed by atoms with Gasteiger partial charge in [0.1, 0.15) is 0 Å². The lowest BCUT2D eigenvalue weighted by Gasteiger charge is -2.04. The molecule has 6 nitrogen and oxygen atoms in total. The molecule has 1 aromatic heterocycles. The van der Waals surface area contributed by atoms with E-state index in [0.29, 0.717) is 0 Å². The molecule has 0 aliphatic rings. The Kier molecular flexibility index (Phi) is 4.69. The first-order chi connectivity index (χ1) is 10.7. The van der Waals surface area contributed by atoms with E-state index in [1.807, 2.05) is 0 Å². The van der Waals surface area contributed by atoms with Gasteiger partial charge in [0.2, 0.25) is 5.27 Å². The summed E-state index contributed by atoms with van der Waals surface area (Å²) in [5.74, 6) is -3.63. The zero-order valence-corrected chi connectivity index (χ0v) is 12.4. The fraction of sp³-hybridized carbons (Fsp3) is 0.231. The van der Waals surface area contributed by atoms with Gasteiger partial charge in [0, 0.05) is 10.6 Å². The van der Waals surface area contributed by atoms with Gasteiger partial charge in [0.05, 0.1) is 0 Å². The van der Waals surface area contributed by atoms with Gasteiger partial charge < -0.3 is 0 Å². The molecule has 0 bridgehead atoms. The molecule has 0 saturated carbocycles. The van der Waals surface area contributed by atoms with Crippen molar-refractivity contribution in [2.75, 3.05) is 5.32 Å². The number of anilines is 1. The number of carbonyl (C=O) groups is 2. The Hall–Kier alpha value is -2.42. The predicted octanol–water partition coefficient (Wildman–Crippen LogP) is 2.37. The molecule has 0 aliphatic carbocycles. The van der Waals surface area contributed by atoms with Gasteiger partial charge in [-0.05, 0) is 23.7 Å². The third-order valence-corrected chi connectivity index (χ3v) is 3.02. The maximum absolute atomic E-state index is 12.5. The van der Waals surface area contributed by atoms with Crippen molar-refractivity contribution in [2.45, 2.75) is 19.6 Å². The summed E-state index contributed by atoms with van der Waals surface area (Å²) in [5, 5.41) is 5.22. The molecule has 1 amide bonds. The largest absolute Gasteiger partial charge is 0.471 e. The molecule has 122 valence electrons. The third kappa shape index (κ3) is 3.67. The number of aryl methyl sites for hydroxylation is 1. The van der Waals surface area contributed by atoms with E-state index in [2.05, 4.69) is 9.79 Å². The summed E-state index contributed by atoms with van der Waals surface area (Å²) in [6.45, 7) is 1.75. The predicted molar refractivity (Wildman–Crippen MR) is 71.9 cm³/mol. The summed E-state index contributed by atoms with van der Waals surface area (Å²) in [6, 6.07) is 5.81. The van der Waals surface area contributed by atoms with Gasteiger partial charge in [0.25, 0.3) is 5.78 Å². The number of hydrogen-bond donors (Lipinski definition) is 1. The highest BCUT2D eigenvalue weighted by molar-refractivity contribution is 6.31. The second kappa shape index (κ2) is 6.37. The van der Waals surface area contributed by atoms with Crippen LogP contribution in [0.5, 0.6) is 0 Å². The highest BCUT2D eigenvalue weighted by Crippen LogP contribution is 2.22. The maximum atomic E-state index is 12.5. The van der Waals surface area contributed by atoms with E-state index >= 15 is 0 Å². The van der Waals surface area contributed by atoms with Crippen LogP contribution in [0.4, 0.5) is 19.1 Å². The number of alkyl halides is 3. The molecule has 1 N–H and O–H groups in total. The topological polar surface area (TPSA) is 76.1 Å². The fourth-order valence-electron chi connectivity index (χ4n) is 1.75. The minimum absolute atomic E-state index is 0.116. The van der Waals surface area contributed by atoms with Gasteiger partial charge in [-0.2, -0.15) is 13.2 Å². The molecule has 0 atom stereocenters. The van der Waals surface area contributed by atoms with Crippen LogP contribution in [0, 0.1) is 0 Å². The van der Waals surface area contributed by atoms with Crippen LogP contribution in [-0.4, -0.2) is 23.1 Å². The molecular weight excluding hydrogens is 339 g/mol. The summed E-state index contributed by atoms with van der Waals surface area (Å²) < 4.78 is 42.7. The van der Waals surface area contributed by atoms with Gasteiger partial charge in [-0.3, -0.25) is 19.4 Å². The summed E-state index contributed by atoms with van der Waals surface area (Å²) in [5.41, 5.74) is -0.197. The number of halogens is 4. The van der Waals surface area contributed by atoms with Crippen molar-refractivity contribution in [1.29, 1.82) is 0 Å².